The van der Waals surface area contributed by atoms with Gasteiger partial charge in [-0.15, -0.1) is 0 Å². The van der Waals surface area contributed by atoms with Gasteiger partial charge in [0.25, 0.3) is 0 Å². The van der Waals surface area contributed by atoms with Crippen LogP contribution >= 0.6 is 23.2 Å². The van der Waals surface area contributed by atoms with E-state index in [0.717, 1.165) is 80.2 Å². The van der Waals surface area contributed by atoms with E-state index in [4.69, 9.17) is 23.2 Å². The zero-order valence-electron chi connectivity index (χ0n) is 18.9. The molecule has 0 radical (unpaired) electrons. The molecule has 4 nitrogen and oxygen atoms in total. The lowest BCUT2D eigenvalue weighted by Gasteiger charge is -2.35. The van der Waals surface area contributed by atoms with Crippen LogP contribution in [0, 0.1) is 0 Å². The van der Waals surface area contributed by atoms with Crippen molar-refractivity contribution in [3.05, 3.63) is 69.3 Å². The van der Waals surface area contributed by atoms with Crippen LogP contribution in [0.25, 0.3) is 10.9 Å². The van der Waals surface area contributed by atoms with E-state index in [1.165, 1.54) is 11.1 Å². The standard InChI is InChI=1S/C26H31Cl2N3O/c1-3-20-6-4-7-23-24(19(2)32)18-31(26(20)23)11-5-10-29-12-14-30(15-13-29)17-21-8-9-22(27)16-25(21)28/h4,6-9,16,18H,3,5,10-15,17H2,1-2H3. The maximum atomic E-state index is 12.2. The highest BCUT2D eigenvalue weighted by Crippen LogP contribution is 2.26. The average molecular weight is 472 g/mol. The van der Waals surface area contributed by atoms with Crippen LogP contribution in [0.4, 0.5) is 0 Å². The maximum Gasteiger partial charge on any atom is 0.161 e. The molecule has 170 valence electrons. The molecule has 0 atom stereocenters. The molecule has 0 bridgehead atoms. The summed E-state index contributed by atoms with van der Waals surface area (Å²) in [4.78, 5) is 17.1. The van der Waals surface area contributed by atoms with Crippen molar-refractivity contribution in [3.63, 3.8) is 0 Å². The SMILES string of the molecule is CCc1cccc2c(C(C)=O)cn(CCCN3CCN(Cc4ccc(Cl)cc4Cl)CC3)c12. The van der Waals surface area contributed by atoms with Crippen LogP contribution in [0.5, 0.6) is 0 Å². The number of rotatable bonds is 8. The highest BCUT2D eigenvalue weighted by atomic mass is 35.5. The van der Waals surface area contributed by atoms with Crippen molar-refractivity contribution in [3.8, 4) is 0 Å². The molecule has 0 saturated carbocycles. The van der Waals surface area contributed by atoms with Gasteiger partial charge in [0.05, 0.1) is 5.52 Å². The summed E-state index contributed by atoms with van der Waals surface area (Å²) < 4.78 is 2.30. The predicted octanol–water partition coefficient (Wildman–Crippen LogP) is 5.92. The van der Waals surface area contributed by atoms with Crippen molar-refractivity contribution in [2.24, 2.45) is 0 Å². The van der Waals surface area contributed by atoms with Crippen LogP contribution in [0.3, 0.4) is 0 Å². The fourth-order valence-corrected chi connectivity index (χ4v) is 5.17. The number of carbonyl (C=O) groups excluding carboxylic acids is 1. The number of halogens is 2. The monoisotopic (exact) mass is 471 g/mol. The summed E-state index contributed by atoms with van der Waals surface area (Å²) in [5.41, 5.74) is 4.51. The average Bonchev–Trinajstić information content (AvgIpc) is 3.16. The molecule has 1 aliphatic heterocycles. The third kappa shape index (κ3) is 5.20. The quantitative estimate of drug-likeness (QED) is 0.381. The minimum Gasteiger partial charge on any atom is -0.346 e. The summed E-state index contributed by atoms with van der Waals surface area (Å²) in [6.07, 6.45) is 4.10. The van der Waals surface area contributed by atoms with Gasteiger partial charge in [-0.05, 0) is 49.6 Å². The summed E-state index contributed by atoms with van der Waals surface area (Å²) in [5, 5.41) is 2.52. The second-order valence-electron chi connectivity index (χ2n) is 8.67. The van der Waals surface area contributed by atoms with E-state index in [0.29, 0.717) is 5.02 Å². The second kappa shape index (κ2) is 10.4. The van der Waals surface area contributed by atoms with E-state index in [9.17, 15) is 4.79 Å². The van der Waals surface area contributed by atoms with Gasteiger partial charge in [-0.2, -0.15) is 0 Å². The Morgan fingerprint density at radius 1 is 0.969 bits per heavy atom. The number of fused-ring (bicyclic) bond motifs is 1. The van der Waals surface area contributed by atoms with Crippen molar-refractivity contribution >= 4 is 39.9 Å². The number of hydrogen-bond acceptors (Lipinski definition) is 3. The summed E-state index contributed by atoms with van der Waals surface area (Å²) >= 11 is 12.4. The molecule has 4 rings (SSSR count). The molecular formula is C26H31Cl2N3O. The van der Waals surface area contributed by atoms with E-state index in [-0.39, 0.29) is 5.78 Å². The number of aromatic nitrogens is 1. The minimum absolute atomic E-state index is 0.138. The number of aryl methyl sites for hydroxylation is 2. The molecule has 3 aromatic rings. The third-order valence-electron chi connectivity index (χ3n) is 6.49. The first kappa shape index (κ1) is 23.3. The lowest BCUT2D eigenvalue weighted by Crippen LogP contribution is -2.46. The number of carbonyl (C=O) groups is 1. The molecule has 32 heavy (non-hydrogen) atoms. The Bertz CT molecular complexity index is 1100. The van der Waals surface area contributed by atoms with E-state index >= 15 is 0 Å². The molecule has 0 unspecified atom stereocenters. The van der Waals surface area contributed by atoms with Crippen LogP contribution < -0.4 is 0 Å². The molecule has 0 spiro atoms. The van der Waals surface area contributed by atoms with Crippen LogP contribution in [0.2, 0.25) is 10.0 Å². The van der Waals surface area contributed by atoms with Gasteiger partial charge in [0.1, 0.15) is 0 Å². The topological polar surface area (TPSA) is 28.5 Å². The molecule has 2 aromatic carbocycles. The Hall–Kier alpha value is -1.85. The lowest BCUT2D eigenvalue weighted by molar-refractivity contribution is 0.101. The number of Topliss-reactive ketones (excluding diaryl/α,β-unsaturated/α-hetero) is 1. The van der Waals surface area contributed by atoms with Crippen LogP contribution in [-0.4, -0.2) is 52.9 Å². The van der Waals surface area contributed by atoms with Gasteiger partial charge in [0.2, 0.25) is 0 Å². The molecular weight excluding hydrogens is 441 g/mol. The Balaban J connectivity index is 1.32. The molecule has 1 aliphatic rings. The summed E-state index contributed by atoms with van der Waals surface area (Å²) in [7, 11) is 0. The number of para-hydroxylation sites is 1. The number of piperazine rings is 1. The molecule has 0 amide bonds. The van der Waals surface area contributed by atoms with Gasteiger partial charge < -0.3 is 9.47 Å². The van der Waals surface area contributed by atoms with E-state index in [1.54, 1.807) is 6.92 Å². The van der Waals surface area contributed by atoms with E-state index in [2.05, 4.69) is 45.7 Å². The summed E-state index contributed by atoms with van der Waals surface area (Å²) in [6, 6.07) is 12.1. The summed E-state index contributed by atoms with van der Waals surface area (Å²) in [6.45, 7) is 10.9. The fraction of sp³-hybridized carbons (Fsp3) is 0.423. The number of hydrogen-bond donors (Lipinski definition) is 0. The normalized spacial score (nSPS) is 15.5. The first-order valence-corrected chi connectivity index (χ1v) is 12.2. The Labute approximate surface area is 200 Å². The molecule has 1 saturated heterocycles. The number of nitrogens with zero attached hydrogens (tertiary/aromatic N) is 3. The van der Waals surface area contributed by atoms with Gasteiger partial charge in [0, 0.05) is 66.5 Å². The van der Waals surface area contributed by atoms with Gasteiger partial charge >= 0.3 is 0 Å². The Kier molecular flexibility index (Phi) is 7.57. The highest BCUT2D eigenvalue weighted by molar-refractivity contribution is 6.35. The molecule has 0 aliphatic carbocycles. The molecule has 1 fully saturated rings. The predicted molar refractivity (Wildman–Crippen MR) is 134 cm³/mol. The van der Waals surface area contributed by atoms with Gasteiger partial charge in [-0.3, -0.25) is 9.69 Å². The Morgan fingerprint density at radius 2 is 1.72 bits per heavy atom. The Morgan fingerprint density at radius 3 is 2.41 bits per heavy atom. The zero-order valence-corrected chi connectivity index (χ0v) is 20.4. The van der Waals surface area contributed by atoms with Crippen LogP contribution in [-0.2, 0) is 19.5 Å². The molecule has 6 heteroatoms. The molecule has 0 N–H and O–H groups in total. The fourth-order valence-electron chi connectivity index (χ4n) is 4.71. The first-order chi connectivity index (χ1) is 15.5. The van der Waals surface area contributed by atoms with Crippen molar-refractivity contribution < 1.29 is 4.79 Å². The van der Waals surface area contributed by atoms with Crippen molar-refractivity contribution in [1.29, 1.82) is 0 Å². The van der Waals surface area contributed by atoms with Crippen molar-refractivity contribution in [2.45, 2.75) is 39.8 Å². The largest absolute Gasteiger partial charge is 0.346 e. The number of ketones is 1. The first-order valence-electron chi connectivity index (χ1n) is 11.5. The smallest absolute Gasteiger partial charge is 0.161 e. The van der Waals surface area contributed by atoms with Gasteiger partial charge in [-0.1, -0.05) is 54.4 Å². The van der Waals surface area contributed by atoms with Gasteiger partial charge in [0.15, 0.2) is 5.78 Å². The number of benzene rings is 2. The van der Waals surface area contributed by atoms with Crippen LogP contribution in [0.1, 0.15) is 41.8 Å². The molecule has 1 aromatic heterocycles. The van der Waals surface area contributed by atoms with Gasteiger partial charge in [-0.25, -0.2) is 0 Å². The zero-order chi connectivity index (χ0) is 22.7. The van der Waals surface area contributed by atoms with Crippen LogP contribution in [0.15, 0.2) is 42.6 Å². The van der Waals surface area contributed by atoms with Crippen molar-refractivity contribution in [2.75, 3.05) is 32.7 Å². The molecule has 2 heterocycles. The van der Waals surface area contributed by atoms with Crippen molar-refractivity contribution in [1.82, 2.24) is 14.4 Å². The highest BCUT2D eigenvalue weighted by Gasteiger charge is 2.18. The van der Waals surface area contributed by atoms with E-state index < -0.39 is 0 Å². The maximum absolute atomic E-state index is 12.2. The third-order valence-corrected chi connectivity index (χ3v) is 7.08. The lowest BCUT2D eigenvalue weighted by atomic mass is 10.1. The minimum atomic E-state index is 0.138. The summed E-state index contributed by atoms with van der Waals surface area (Å²) in [5.74, 6) is 0.138. The van der Waals surface area contributed by atoms with E-state index in [1.807, 2.05) is 18.2 Å². The second-order valence-corrected chi connectivity index (χ2v) is 9.51.